The number of rotatable bonds is 7. The van der Waals surface area contributed by atoms with Crippen LogP contribution in [0.4, 0.5) is 0 Å². The normalized spacial score (nSPS) is 14.6. The molecule has 1 saturated carbocycles. The van der Waals surface area contributed by atoms with Gasteiger partial charge in [-0.2, -0.15) is 5.48 Å². The molecule has 0 spiro atoms. The summed E-state index contributed by atoms with van der Waals surface area (Å²) in [7, 11) is 3.25. The second-order valence-corrected chi connectivity index (χ2v) is 5.19. The number of hydrogen-bond donors (Lipinski definition) is 1. The van der Waals surface area contributed by atoms with Gasteiger partial charge < -0.3 is 14.3 Å². The minimum Gasteiger partial charge on any atom is -0.493 e. The van der Waals surface area contributed by atoms with Crippen molar-refractivity contribution in [3.63, 3.8) is 0 Å². The highest BCUT2D eigenvalue weighted by atomic mass is 79.9. The second kappa shape index (κ2) is 6.41. The first-order valence-corrected chi connectivity index (χ1v) is 6.79. The van der Waals surface area contributed by atoms with Gasteiger partial charge in [0.1, 0.15) is 0 Å². The van der Waals surface area contributed by atoms with Crippen LogP contribution in [0.15, 0.2) is 16.6 Å². The minimum absolute atomic E-state index is 0.564. The van der Waals surface area contributed by atoms with Crippen LogP contribution in [-0.2, 0) is 11.4 Å². The van der Waals surface area contributed by atoms with E-state index in [1.165, 1.54) is 12.8 Å². The molecule has 1 aliphatic carbocycles. The molecule has 0 radical (unpaired) electrons. The van der Waals surface area contributed by atoms with Crippen molar-refractivity contribution in [1.29, 1.82) is 0 Å². The third-order valence-corrected chi connectivity index (χ3v) is 3.68. The molecule has 1 fully saturated rings. The van der Waals surface area contributed by atoms with Gasteiger partial charge in [-0.05, 0) is 30.9 Å². The molecular formula is C13H18BrNO3. The molecule has 0 saturated heterocycles. The maximum Gasteiger partial charge on any atom is 0.166 e. The summed E-state index contributed by atoms with van der Waals surface area (Å²) < 4.78 is 12.3. The Kier molecular flexibility index (Phi) is 4.86. The molecule has 100 valence electrons. The van der Waals surface area contributed by atoms with Gasteiger partial charge in [-0.15, -0.1) is 0 Å². The van der Waals surface area contributed by atoms with Gasteiger partial charge in [0, 0.05) is 10.0 Å². The predicted molar refractivity (Wildman–Crippen MR) is 72.8 cm³/mol. The molecule has 1 aromatic rings. The number of hydroxylamine groups is 1. The van der Waals surface area contributed by atoms with E-state index in [-0.39, 0.29) is 0 Å². The van der Waals surface area contributed by atoms with Crippen LogP contribution >= 0.6 is 15.9 Å². The maximum atomic E-state index is 5.91. The SMILES string of the molecule is CONCc1c(Br)ccc(OC)c1OCC1CC1. The first-order valence-electron chi connectivity index (χ1n) is 6.00. The summed E-state index contributed by atoms with van der Waals surface area (Å²) in [5.74, 6) is 2.26. The molecule has 5 heteroatoms. The summed E-state index contributed by atoms with van der Waals surface area (Å²) in [4.78, 5) is 4.90. The standard InChI is InChI=1S/C13H18BrNO3/c1-16-12-6-5-11(14)10(7-15-17-2)13(12)18-8-9-3-4-9/h5-6,9,15H,3-4,7-8H2,1-2H3. The van der Waals surface area contributed by atoms with Crippen LogP contribution in [0.5, 0.6) is 11.5 Å². The van der Waals surface area contributed by atoms with Crippen molar-refractivity contribution in [2.75, 3.05) is 20.8 Å². The topological polar surface area (TPSA) is 39.7 Å². The minimum atomic E-state index is 0.564. The smallest absolute Gasteiger partial charge is 0.166 e. The Bertz CT molecular complexity index is 407. The van der Waals surface area contributed by atoms with E-state index in [9.17, 15) is 0 Å². The Morgan fingerprint density at radius 3 is 2.72 bits per heavy atom. The first-order chi connectivity index (χ1) is 8.76. The Morgan fingerprint density at radius 1 is 1.33 bits per heavy atom. The largest absolute Gasteiger partial charge is 0.493 e. The summed E-state index contributed by atoms with van der Waals surface area (Å²) in [6, 6.07) is 3.86. The summed E-state index contributed by atoms with van der Waals surface area (Å²) in [6.07, 6.45) is 2.53. The van der Waals surface area contributed by atoms with Crippen LogP contribution in [0, 0.1) is 5.92 Å². The van der Waals surface area contributed by atoms with E-state index in [0.29, 0.717) is 12.5 Å². The number of hydrogen-bond acceptors (Lipinski definition) is 4. The van der Waals surface area contributed by atoms with Crippen molar-refractivity contribution in [3.05, 3.63) is 22.2 Å². The van der Waals surface area contributed by atoms with Crippen molar-refractivity contribution in [1.82, 2.24) is 5.48 Å². The number of nitrogens with one attached hydrogen (secondary N) is 1. The van der Waals surface area contributed by atoms with Crippen LogP contribution in [0.3, 0.4) is 0 Å². The van der Waals surface area contributed by atoms with Gasteiger partial charge in [0.05, 0.1) is 27.4 Å². The van der Waals surface area contributed by atoms with Gasteiger partial charge in [0.25, 0.3) is 0 Å². The summed E-state index contributed by atoms with van der Waals surface area (Å²) >= 11 is 3.53. The molecule has 0 aromatic heterocycles. The Labute approximate surface area is 116 Å². The number of benzene rings is 1. The van der Waals surface area contributed by atoms with E-state index < -0.39 is 0 Å². The van der Waals surface area contributed by atoms with Crippen molar-refractivity contribution in [2.45, 2.75) is 19.4 Å². The lowest BCUT2D eigenvalue weighted by Crippen LogP contribution is -2.13. The van der Waals surface area contributed by atoms with E-state index >= 15 is 0 Å². The van der Waals surface area contributed by atoms with Crippen LogP contribution < -0.4 is 15.0 Å². The van der Waals surface area contributed by atoms with E-state index in [1.54, 1.807) is 14.2 Å². The van der Waals surface area contributed by atoms with E-state index in [2.05, 4.69) is 21.4 Å². The molecule has 0 aliphatic heterocycles. The molecule has 4 nitrogen and oxygen atoms in total. The van der Waals surface area contributed by atoms with Gasteiger partial charge in [0.2, 0.25) is 0 Å². The lowest BCUT2D eigenvalue weighted by molar-refractivity contribution is 0.0856. The first kappa shape index (κ1) is 13.6. The zero-order chi connectivity index (χ0) is 13.0. The summed E-state index contributed by atoms with van der Waals surface area (Å²) in [5, 5.41) is 0. The van der Waals surface area contributed by atoms with Crippen molar-refractivity contribution in [2.24, 2.45) is 5.92 Å². The average Bonchev–Trinajstić information content (AvgIpc) is 3.19. The van der Waals surface area contributed by atoms with Crippen LogP contribution in [0.2, 0.25) is 0 Å². The quantitative estimate of drug-likeness (QED) is 0.785. The van der Waals surface area contributed by atoms with Crippen LogP contribution in [0.25, 0.3) is 0 Å². The third-order valence-electron chi connectivity index (χ3n) is 2.94. The van der Waals surface area contributed by atoms with Crippen LogP contribution in [-0.4, -0.2) is 20.8 Å². The fourth-order valence-corrected chi connectivity index (χ4v) is 2.15. The van der Waals surface area contributed by atoms with Gasteiger partial charge in [-0.1, -0.05) is 15.9 Å². The highest BCUT2D eigenvalue weighted by Crippen LogP contribution is 2.38. The molecule has 1 aromatic carbocycles. The lowest BCUT2D eigenvalue weighted by atomic mass is 10.2. The van der Waals surface area contributed by atoms with E-state index in [4.69, 9.17) is 14.3 Å². The second-order valence-electron chi connectivity index (χ2n) is 4.34. The van der Waals surface area contributed by atoms with Gasteiger partial charge in [-0.25, -0.2) is 0 Å². The van der Waals surface area contributed by atoms with Gasteiger partial charge >= 0.3 is 0 Å². The molecule has 1 N–H and O–H groups in total. The Hall–Kier alpha value is -0.780. The Balaban J connectivity index is 2.20. The molecule has 2 rings (SSSR count). The van der Waals surface area contributed by atoms with E-state index in [0.717, 1.165) is 28.1 Å². The van der Waals surface area contributed by atoms with Gasteiger partial charge in [-0.3, -0.25) is 0 Å². The monoisotopic (exact) mass is 315 g/mol. The third kappa shape index (κ3) is 3.37. The van der Waals surface area contributed by atoms with Crippen molar-refractivity contribution < 1.29 is 14.3 Å². The molecule has 18 heavy (non-hydrogen) atoms. The molecule has 1 aliphatic rings. The predicted octanol–water partition coefficient (Wildman–Crippen LogP) is 2.90. The fourth-order valence-electron chi connectivity index (χ4n) is 1.70. The number of halogens is 1. The van der Waals surface area contributed by atoms with Crippen molar-refractivity contribution in [3.8, 4) is 11.5 Å². The molecule has 0 atom stereocenters. The summed E-state index contributed by atoms with van der Waals surface area (Å²) in [6.45, 7) is 1.32. The molecule has 0 bridgehead atoms. The lowest BCUT2D eigenvalue weighted by Gasteiger charge is -2.16. The highest BCUT2D eigenvalue weighted by Gasteiger charge is 2.24. The number of ether oxygens (including phenoxy) is 2. The van der Waals surface area contributed by atoms with Gasteiger partial charge in [0.15, 0.2) is 11.5 Å². The number of methoxy groups -OCH3 is 1. The highest BCUT2D eigenvalue weighted by molar-refractivity contribution is 9.10. The Morgan fingerprint density at radius 2 is 2.11 bits per heavy atom. The zero-order valence-corrected chi connectivity index (χ0v) is 12.2. The molecule has 0 heterocycles. The molecule has 0 unspecified atom stereocenters. The average molecular weight is 316 g/mol. The maximum absolute atomic E-state index is 5.91. The zero-order valence-electron chi connectivity index (χ0n) is 10.7. The molecular weight excluding hydrogens is 298 g/mol. The van der Waals surface area contributed by atoms with E-state index in [1.807, 2.05) is 12.1 Å². The molecule has 0 amide bonds. The van der Waals surface area contributed by atoms with Crippen LogP contribution in [0.1, 0.15) is 18.4 Å². The van der Waals surface area contributed by atoms with Crippen molar-refractivity contribution >= 4 is 15.9 Å². The summed E-state index contributed by atoms with van der Waals surface area (Å²) in [5.41, 5.74) is 3.85. The fraction of sp³-hybridized carbons (Fsp3) is 0.538.